The number of fused-ring (bicyclic) bond motifs is 2. The Kier molecular flexibility index (Phi) is 4.24. The monoisotopic (exact) mass is 384 g/mol. The Bertz CT molecular complexity index is 862. The van der Waals surface area contributed by atoms with E-state index in [0.717, 1.165) is 30.3 Å². The predicted octanol–water partition coefficient (Wildman–Crippen LogP) is 3.04. The van der Waals surface area contributed by atoms with Gasteiger partial charge in [-0.25, -0.2) is 4.98 Å². The number of hydrogen-bond acceptors (Lipinski definition) is 4. The fourth-order valence-electron chi connectivity index (χ4n) is 4.70. The number of hydrogen-bond donors (Lipinski definition) is 2. The molecular formula is C21H28N4OS. The van der Waals surface area contributed by atoms with Crippen LogP contribution >= 0.6 is 11.8 Å². The summed E-state index contributed by atoms with van der Waals surface area (Å²) >= 11 is 1.94. The van der Waals surface area contributed by atoms with E-state index in [-0.39, 0.29) is 11.8 Å². The summed E-state index contributed by atoms with van der Waals surface area (Å²) in [6, 6.07) is 4.28. The third-order valence-electron chi connectivity index (χ3n) is 6.62. The summed E-state index contributed by atoms with van der Waals surface area (Å²) in [7, 11) is 0. The summed E-state index contributed by atoms with van der Waals surface area (Å²) in [5.74, 6) is 4.41. The van der Waals surface area contributed by atoms with Crippen LogP contribution in [0.5, 0.6) is 0 Å². The smallest absolute Gasteiger partial charge is 0.224 e. The lowest BCUT2D eigenvalue weighted by atomic mass is 9.87. The van der Waals surface area contributed by atoms with Crippen LogP contribution in [0.1, 0.15) is 38.9 Å². The number of imidazole rings is 1. The van der Waals surface area contributed by atoms with Gasteiger partial charge >= 0.3 is 0 Å². The molecule has 0 bridgehead atoms. The van der Waals surface area contributed by atoms with E-state index in [1.165, 1.54) is 29.9 Å². The molecule has 0 spiro atoms. The van der Waals surface area contributed by atoms with Gasteiger partial charge in [0.2, 0.25) is 5.91 Å². The first-order valence-corrected chi connectivity index (χ1v) is 11.2. The molecule has 3 heterocycles. The fourth-order valence-corrected chi connectivity index (χ4v) is 5.92. The van der Waals surface area contributed by atoms with Crippen LogP contribution in [-0.2, 0) is 10.3 Å². The number of piperidine rings is 1. The van der Waals surface area contributed by atoms with Crippen LogP contribution in [0, 0.1) is 23.7 Å². The summed E-state index contributed by atoms with van der Waals surface area (Å²) in [5, 5.41) is 6.63. The van der Waals surface area contributed by atoms with E-state index in [1.54, 1.807) is 0 Å². The molecule has 2 saturated carbocycles. The highest BCUT2D eigenvalue weighted by Crippen LogP contribution is 2.49. The molecule has 3 fully saturated rings. The molecule has 3 aliphatic rings. The van der Waals surface area contributed by atoms with E-state index in [9.17, 15) is 4.79 Å². The third kappa shape index (κ3) is 3.07. The minimum atomic E-state index is -0.495. The number of carbonyl (C=O) groups excluding carboxylic acids is 1. The highest BCUT2D eigenvalue weighted by Gasteiger charge is 2.57. The lowest BCUT2D eigenvalue weighted by Gasteiger charge is -2.26. The summed E-state index contributed by atoms with van der Waals surface area (Å²) in [6.45, 7) is 6.09. The second-order valence-electron chi connectivity index (χ2n) is 8.94. The van der Waals surface area contributed by atoms with E-state index in [2.05, 4.69) is 47.2 Å². The topological polar surface area (TPSA) is 58.4 Å². The van der Waals surface area contributed by atoms with Crippen LogP contribution < -0.4 is 10.6 Å². The van der Waals surface area contributed by atoms with E-state index in [4.69, 9.17) is 4.98 Å². The molecule has 5 nitrogen and oxygen atoms in total. The maximum atomic E-state index is 12.8. The largest absolute Gasteiger partial charge is 0.344 e. The molecule has 5 rings (SSSR count). The molecule has 1 amide bonds. The molecule has 6 heteroatoms. The van der Waals surface area contributed by atoms with Crippen molar-refractivity contribution in [3.63, 3.8) is 0 Å². The lowest BCUT2D eigenvalue weighted by Crippen LogP contribution is -2.44. The zero-order chi connectivity index (χ0) is 18.6. The number of amides is 1. The van der Waals surface area contributed by atoms with Crippen molar-refractivity contribution in [2.75, 3.05) is 18.8 Å². The first-order valence-electron chi connectivity index (χ1n) is 10.2. The number of nitrogens with zero attached hydrogens (tertiary/aromatic N) is 2. The van der Waals surface area contributed by atoms with Gasteiger partial charge in [0.1, 0.15) is 5.82 Å². The Morgan fingerprint density at radius 2 is 2.15 bits per heavy atom. The molecule has 0 aromatic carbocycles. The predicted molar refractivity (Wildman–Crippen MR) is 108 cm³/mol. The molecule has 2 aromatic rings. The number of rotatable bonds is 6. The molecule has 0 unspecified atom stereocenters. The number of thioether (sulfide) groups is 1. The molecule has 2 aromatic heterocycles. The molecule has 3 atom stereocenters. The fraction of sp³-hybridized carbons (Fsp3) is 0.619. The van der Waals surface area contributed by atoms with Gasteiger partial charge < -0.3 is 15.0 Å². The van der Waals surface area contributed by atoms with Gasteiger partial charge in [0.25, 0.3) is 0 Å². The number of carbonyl (C=O) groups is 1. The third-order valence-corrected chi connectivity index (χ3v) is 7.91. The molecular weight excluding hydrogens is 356 g/mol. The zero-order valence-corrected chi connectivity index (χ0v) is 16.9. The van der Waals surface area contributed by atoms with Crippen LogP contribution in [0.2, 0.25) is 0 Å². The second kappa shape index (κ2) is 6.52. The molecule has 144 valence electrons. The van der Waals surface area contributed by atoms with Gasteiger partial charge in [0.15, 0.2) is 0 Å². The average molecular weight is 385 g/mol. The van der Waals surface area contributed by atoms with Gasteiger partial charge in [0, 0.05) is 22.8 Å². The second-order valence-corrected chi connectivity index (χ2v) is 10.0. The SMILES string of the molecule is CC(C)(NC(=O)[C@H]1[C@@H]2CNC[C@@H]21)c1ncc2c(SCC3CCC3)cccn12. The highest BCUT2D eigenvalue weighted by molar-refractivity contribution is 7.99. The minimum Gasteiger partial charge on any atom is -0.344 e. The van der Waals surface area contributed by atoms with Gasteiger partial charge in [0.05, 0.1) is 17.3 Å². The average Bonchev–Trinajstić information content (AvgIpc) is 2.96. The van der Waals surface area contributed by atoms with Crippen molar-refractivity contribution in [3.05, 3.63) is 30.4 Å². The normalized spacial score (nSPS) is 27.4. The Hall–Kier alpha value is -1.53. The zero-order valence-electron chi connectivity index (χ0n) is 16.1. The van der Waals surface area contributed by atoms with Crippen LogP contribution in [0.15, 0.2) is 29.4 Å². The standard InChI is InChI=1S/C21H28N4OS/c1-21(2,24-19(26)18-14-9-22-10-15(14)18)20-23-11-16-17(7-4-8-25(16)20)27-12-13-5-3-6-13/h4,7-8,11,13-15,18,22H,3,5-6,9-10,12H2,1-2H3,(H,24,26)/t14-,15+,18+. The molecule has 0 radical (unpaired) electrons. The van der Waals surface area contributed by atoms with Crippen LogP contribution in [0.3, 0.4) is 0 Å². The Morgan fingerprint density at radius 3 is 2.85 bits per heavy atom. The van der Waals surface area contributed by atoms with Crippen molar-refractivity contribution in [2.24, 2.45) is 23.7 Å². The molecule has 2 N–H and O–H groups in total. The maximum Gasteiger partial charge on any atom is 0.224 e. The van der Waals surface area contributed by atoms with E-state index >= 15 is 0 Å². The Morgan fingerprint density at radius 1 is 1.37 bits per heavy atom. The summed E-state index contributed by atoms with van der Waals surface area (Å²) in [5.41, 5.74) is 0.650. The summed E-state index contributed by atoms with van der Waals surface area (Å²) in [4.78, 5) is 18.8. The van der Waals surface area contributed by atoms with Crippen molar-refractivity contribution >= 4 is 23.2 Å². The van der Waals surface area contributed by atoms with Gasteiger partial charge in [-0.05, 0) is 69.7 Å². The summed E-state index contributed by atoms with van der Waals surface area (Å²) in [6.07, 6.45) is 8.16. The lowest BCUT2D eigenvalue weighted by molar-refractivity contribution is -0.124. The van der Waals surface area contributed by atoms with Crippen LogP contribution in [0.25, 0.3) is 5.52 Å². The number of nitrogens with one attached hydrogen (secondary N) is 2. The number of aromatic nitrogens is 2. The van der Waals surface area contributed by atoms with Crippen molar-refractivity contribution in [1.29, 1.82) is 0 Å². The molecule has 27 heavy (non-hydrogen) atoms. The van der Waals surface area contributed by atoms with E-state index < -0.39 is 5.54 Å². The minimum absolute atomic E-state index is 0.184. The summed E-state index contributed by atoms with van der Waals surface area (Å²) < 4.78 is 2.15. The van der Waals surface area contributed by atoms with Crippen molar-refractivity contribution < 1.29 is 4.79 Å². The Balaban J connectivity index is 1.34. The Labute approximate surface area is 164 Å². The van der Waals surface area contributed by atoms with Crippen LogP contribution in [0.4, 0.5) is 0 Å². The van der Waals surface area contributed by atoms with Crippen LogP contribution in [-0.4, -0.2) is 34.1 Å². The quantitative estimate of drug-likeness (QED) is 0.752. The van der Waals surface area contributed by atoms with Crippen molar-refractivity contribution in [2.45, 2.75) is 43.5 Å². The van der Waals surface area contributed by atoms with Gasteiger partial charge in [-0.2, -0.15) is 0 Å². The van der Waals surface area contributed by atoms with E-state index in [1.807, 2.05) is 18.0 Å². The van der Waals surface area contributed by atoms with E-state index in [0.29, 0.717) is 11.8 Å². The first-order chi connectivity index (χ1) is 13.0. The number of pyridine rings is 1. The van der Waals surface area contributed by atoms with Gasteiger partial charge in [-0.1, -0.05) is 6.42 Å². The van der Waals surface area contributed by atoms with Crippen molar-refractivity contribution in [3.8, 4) is 0 Å². The van der Waals surface area contributed by atoms with Gasteiger partial charge in [-0.15, -0.1) is 11.8 Å². The highest BCUT2D eigenvalue weighted by atomic mass is 32.2. The first kappa shape index (κ1) is 17.6. The molecule has 1 saturated heterocycles. The maximum absolute atomic E-state index is 12.8. The molecule has 2 aliphatic carbocycles. The van der Waals surface area contributed by atoms with Crippen molar-refractivity contribution in [1.82, 2.24) is 20.0 Å². The molecule has 1 aliphatic heterocycles. The van der Waals surface area contributed by atoms with Gasteiger partial charge in [-0.3, -0.25) is 4.79 Å².